The van der Waals surface area contributed by atoms with Gasteiger partial charge in [0.2, 0.25) is 0 Å². The zero-order chi connectivity index (χ0) is 8.55. The first-order valence-corrected chi connectivity index (χ1v) is 3.88. The molecule has 2 nitrogen and oxygen atoms in total. The van der Waals surface area contributed by atoms with Crippen molar-refractivity contribution >= 4 is 16.6 Å². The van der Waals surface area contributed by atoms with Crippen LogP contribution >= 0.6 is 0 Å². The van der Waals surface area contributed by atoms with E-state index in [1.807, 2.05) is 18.2 Å². The fraction of sp³-hybridized carbons (Fsp3) is 0.100. The molecule has 1 aromatic heterocycles. The molecule has 12 heavy (non-hydrogen) atoms. The maximum atomic E-state index is 5.58. The summed E-state index contributed by atoms with van der Waals surface area (Å²) < 4.78 is 0. The van der Waals surface area contributed by atoms with Crippen molar-refractivity contribution in [3.05, 3.63) is 36.0 Å². The minimum Gasteiger partial charge on any atom is -0.384 e. The first kappa shape index (κ1) is 7.10. The fourth-order valence-electron chi connectivity index (χ4n) is 1.34. The second kappa shape index (κ2) is 2.48. The topological polar surface area (TPSA) is 38.9 Å². The van der Waals surface area contributed by atoms with Gasteiger partial charge in [0.1, 0.15) is 5.82 Å². The summed E-state index contributed by atoms with van der Waals surface area (Å²) in [5.74, 6) is 0.580. The van der Waals surface area contributed by atoms with Crippen LogP contribution in [0.15, 0.2) is 30.5 Å². The fourth-order valence-corrected chi connectivity index (χ4v) is 1.34. The van der Waals surface area contributed by atoms with Crippen LogP contribution in [0, 0.1) is 6.92 Å². The summed E-state index contributed by atoms with van der Waals surface area (Å²) in [5.41, 5.74) is 6.82. The second-order valence-corrected chi connectivity index (χ2v) is 2.91. The lowest BCUT2D eigenvalue weighted by molar-refractivity contribution is 1.36. The average Bonchev–Trinajstić information content (AvgIpc) is 2.07. The Labute approximate surface area is 71.0 Å². The van der Waals surface area contributed by atoms with Crippen molar-refractivity contribution in [1.29, 1.82) is 0 Å². The molecule has 1 aromatic carbocycles. The third-order valence-electron chi connectivity index (χ3n) is 2.00. The normalized spacial score (nSPS) is 10.4. The molecule has 0 radical (unpaired) electrons. The molecule has 60 valence electrons. The number of rotatable bonds is 0. The van der Waals surface area contributed by atoms with Crippen LogP contribution in [-0.2, 0) is 0 Å². The molecule has 0 unspecified atom stereocenters. The zero-order valence-electron chi connectivity index (χ0n) is 6.91. The van der Waals surface area contributed by atoms with Gasteiger partial charge in [0.25, 0.3) is 0 Å². The van der Waals surface area contributed by atoms with E-state index in [-0.39, 0.29) is 0 Å². The molecular formula is C10H10N2. The number of fused-ring (bicyclic) bond motifs is 1. The molecule has 0 fully saturated rings. The van der Waals surface area contributed by atoms with Crippen LogP contribution in [0.25, 0.3) is 10.8 Å². The summed E-state index contributed by atoms with van der Waals surface area (Å²) in [6.07, 6.45) is 1.80. The summed E-state index contributed by atoms with van der Waals surface area (Å²) >= 11 is 0. The van der Waals surface area contributed by atoms with E-state index in [1.165, 1.54) is 10.9 Å². The minimum atomic E-state index is 0.580. The van der Waals surface area contributed by atoms with Gasteiger partial charge in [-0.1, -0.05) is 18.2 Å². The van der Waals surface area contributed by atoms with Gasteiger partial charge in [-0.15, -0.1) is 0 Å². The molecule has 0 amide bonds. The molecule has 0 aliphatic carbocycles. The molecule has 2 aromatic rings. The summed E-state index contributed by atoms with van der Waals surface area (Å²) in [5, 5.41) is 2.33. The highest BCUT2D eigenvalue weighted by Gasteiger charge is 1.96. The van der Waals surface area contributed by atoms with Gasteiger partial charge >= 0.3 is 0 Å². The van der Waals surface area contributed by atoms with Crippen molar-refractivity contribution in [3.8, 4) is 0 Å². The number of hydrogen-bond donors (Lipinski definition) is 1. The van der Waals surface area contributed by atoms with E-state index in [9.17, 15) is 0 Å². The Morgan fingerprint density at radius 1 is 1.33 bits per heavy atom. The smallest absolute Gasteiger partial charge is 0.123 e. The molecule has 0 spiro atoms. The maximum Gasteiger partial charge on any atom is 0.123 e. The van der Waals surface area contributed by atoms with Gasteiger partial charge in [-0.25, -0.2) is 4.98 Å². The quantitative estimate of drug-likeness (QED) is 0.637. The number of pyridine rings is 1. The van der Waals surface area contributed by atoms with Gasteiger partial charge in [0.05, 0.1) is 0 Å². The van der Waals surface area contributed by atoms with Crippen molar-refractivity contribution in [1.82, 2.24) is 4.98 Å². The summed E-state index contributed by atoms with van der Waals surface area (Å²) in [4.78, 5) is 4.03. The van der Waals surface area contributed by atoms with Crippen molar-refractivity contribution in [3.63, 3.8) is 0 Å². The SMILES string of the molecule is Cc1cccc2cnc(N)cc12. The molecular weight excluding hydrogens is 148 g/mol. The van der Waals surface area contributed by atoms with E-state index in [0.717, 1.165) is 5.39 Å². The molecule has 0 saturated heterocycles. The molecule has 1 heterocycles. The summed E-state index contributed by atoms with van der Waals surface area (Å²) in [6, 6.07) is 8.04. The Morgan fingerprint density at radius 3 is 3.00 bits per heavy atom. The second-order valence-electron chi connectivity index (χ2n) is 2.91. The number of aromatic nitrogens is 1. The highest BCUT2D eigenvalue weighted by Crippen LogP contribution is 2.18. The van der Waals surface area contributed by atoms with Crippen molar-refractivity contribution in [2.24, 2.45) is 0 Å². The lowest BCUT2D eigenvalue weighted by Crippen LogP contribution is -1.89. The predicted octanol–water partition coefficient (Wildman–Crippen LogP) is 2.13. The zero-order valence-corrected chi connectivity index (χ0v) is 6.91. The predicted molar refractivity (Wildman–Crippen MR) is 50.9 cm³/mol. The third kappa shape index (κ3) is 1.01. The number of nitrogens with two attached hydrogens (primary N) is 1. The molecule has 2 heteroatoms. The Morgan fingerprint density at radius 2 is 2.17 bits per heavy atom. The summed E-state index contributed by atoms with van der Waals surface area (Å²) in [7, 11) is 0. The van der Waals surface area contributed by atoms with Gasteiger partial charge in [-0.2, -0.15) is 0 Å². The minimum absolute atomic E-state index is 0.580. The van der Waals surface area contributed by atoms with E-state index >= 15 is 0 Å². The number of nitrogens with zero attached hydrogens (tertiary/aromatic N) is 1. The van der Waals surface area contributed by atoms with Gasteiger partial charge in [0, 0.05) is 11.6 Å². The number of aryl methyl sites for hydroxylation is 1. The van der Waals surface area contributed by atoms with Crippen LogP contribution in [0.4, 0.5) is 5.82 Å². The molecule has 2 N–H and O–H groups in total. The number of hydrogen-bond acceptors (Lipinski definition) is 2. The Balaban J connectivity index is 2.88. The molecule has 0 saturated carbocycles. The van der Waals surface area contributed by atoms with E-state index < -0.39 is 0 Å². The van der Waals surface area contributed by atoms with Crippen LogP contribution in [0.2, 0.25) is 0 Å². The average molecular weight is 158 g/mol. The van der Waals surface area contributed by atoms with E-state index in [1.54, 1.807) is 6.20 Å². The van der Waals surface area contributed by atoms with Gasteiger partial charge in [0.15, 0.2) is 0 Å². The summed E-state index contributed by atoms with van der Waals surface area (Å²) in [6.45, 7) is 2.07. The van der Waals surface area contributed by atoms with Crippen LogP contribution in [-0.4, -0.2) is 4.98 Å². The first-order valence-electron chi connectivity index (χ1n) is 3.88. The first-order chi connectivity index (χ1) is 5.77. The largest absolute Gasteiger partial charge is 0.384 e. The van der Waals surface area contributed by atoms with E-state index in [4.69, 9.17) is 5.73 Å². The molecule has 0 atom stereocenters. The maximum absolute atomic E-state index is 5.58. The highest BCUT2D eigenvalue weighted by atomic mass is 14.8. The van der Waals surface area contributed by atoms with Gasteiger partial charge in [-0.3, -0.25) is 0 Å². The Kier molecular flexibility index (Phi) is 1.47. The number of anilines is 1. The van der Waals surface area contributed by atoms with Gasteiger partial charge in [-0.05, 0) is 23.9 Å². The van der Waals surface area contributed by atoms with Crippen LogP contribution in [0.5, 0.6) is 0 Å². The lowest BCUT2D eigenvalue weighted by atomic mass is 10.1. The highest BCUT2D eigenvalue weighted by molar-refractivity contribution is 5.86. The van der Waals surface area contributed by atoms with Gasteiger partial charge < -0.3 is 5.73 Å². The number of benzene rings is 1. The molecule has 0 aliphatic heterocycles. The Hall–Kier alpha value is -1.57. The van der Waals surface area contributed by atoms with Crippen molar-refractivity contribution in [2.75, 3.05) is 5.73 Å². The third-order valence-corrected chi connectivity index (χ3v) is 2.00. The van der Waals surface area contributed by atoms with Crippen LogP contribution in [0.3, 0.4) is 0 Å². The molecule has 2 rings (SSSR count). The van der Waals surface area contributed by atoms with Crippen molar-refractivity contribution < 1.29 is 0 Å². The van der Waals surface area contributed by atoms with E-state index in [2.05, 4.69) is 18.0 Å². The molecule has 0 aliphatic rings. The standard InChI is InChI=1S/C10H10N2/c1-7-3-2-4-8-6-12-10(11)5-9(7)8/h2-6H,1H3,(H2,11,12). The molecule has 0 bridgehead atoms. The van der Waals surface area contributed by atoms with Crippen LogP contribution in [0.1, 0.15) is 5.56 Å². The van der Waals surface area contributed by atoms with Crippen LogP contribution < -0.4 is 5.73 Å². The monoisotopic (exact) mass is 158 g/mol. The number of nitrogen functional groups attached to an aromatic ring is 1. The Bertz CT molecular complexity index is 421. The van der Waals surface area contributed by atoms with E-state index in [0.29, 0.717) is 5.82 Å². The van der Waals surface area contributed by atoms with Crippen molar-refractivity contribution in [2.45, 2.75) is 6.92 Å². The lowest BCUT2D eigenvalue weighted by Gasteiger charge is -2.01.